The summed E-state index contributed by atoms with van der Waals surface area (Å²) in [4.78, 5) is 13.4. The molecule has 0 bridgehead atoms. The average molecular weight is 527 g/mol. The van der Waals surface area contributed by atoms with Crippen LogP contribution in [0.15, 0.2) is 77.7 Å². The molecule has 1 fully saturated rings. The third-order valence-corrected chi connectivity index (χ3v) is 8.79. The molecule has 36 heavy (non-hydrogen) atoms. The van der Waals surface area contributed by atoms with Gasteiger partial charge in [-0.1, -0.05) is 59.6 Å². The van der Waals surface area contributed by atoms with Crippen LogP contribution < -0.4 is 9.62 Å². The summed E-state index contributed by atoms with van der Waals surface area (Å²) in [5.41, 5.74) is 2.91. The van der Waals surface area contributed by atoms with Crippen molar-refractivity contribution in [2.24, 2.45) is 0 Å². The van der Waals surface area contributed by atoms with Crippen LogP contribution in [0.3, 0.4) is 0 Å². The minimum Gasteiger partial charge on any atom is -0.381 e. The third-order valence-electron chi connectivity index (χ3n) is 6.78. The van der Waals surface area contributed by atoms with Gasteiger partial charge in [0, 0.05) is 30.2 Å². The lowest BCUT2D eigenvalue weighted by molar-refractivity contribution is -0.120. The van der Waals surface area contributed by atoms with Crippen LogP contribution in [-0.2, 0) is 25.0 Å². The Morgan fingerprint density at radius 3 is 2.31 bits per heavy atom. The number of benzene rings is 3. The molecule has 1 aliphatic heterocycles. The summed E-state index contributed by atoms with van der Waals surface area (Å²) in [6, 6.07) is 21.7. The van der Waals surface area contributed by atoms with Crippen molar-refractivity contribution >= 4 is 33.2 Å². The van der Waals surface area contributed by atoms with Gasteiger partial charge in [-0.25, -0.2) is 8.42 Å². The average Bonchev–Trinajstić information content (AvgIpc) is 2.88. The highest BCUT2D eigenvalue weighted by molar-refractivity contribution is 7.92. The molecule has 8 heteroatoms. The zero-order valence-corrected chi connectivity index (χ0v) is 22.1. The molecule has 1 aliphatic rings. The van der Waals surface area contributed by atoms with Gasteiger partial charge in [-0.05, 0) is 68.1 Å². The van der Waals surface area contributed by atoms with Crippen molar-refractivity contribution < 1.29 is 17.9 Å². The van der Waals surface area contributed by atoms with E-state index in [1.165, 1.54) is 0 Å². The number of aryl methyl sites for hydroxylation is 2. The second kappa shape index (κ2) is 11.0. The van der Waals surface area contributed by atoms with Crippen molar-refractivity contribution in [3.63, 3.8) is 0 Å². The number of halogens is 1. The largest absolute Gasteiger partial charge is 0.381 e. The van der Waals surface area contributed by atoms with Crippen LogP contribution in [0.25, 0.3) is 0 Å². The molecule has 0 aliphatic carbocycles. The molecule has 4 rings (SSSR count). The van der Waals surface area contributed by atoms with E-state index in [0.717, 1.165) is 28.3 Å². The van der Waals surface area contributed by atoms with Crippen LogP contribution in [0.4, 0.5) is 5.69 Å². The number of nitrogens with zero attached hydrogens (tertiary/aromatic N) is 1. The number of ether oxygens (including phenoxy) is 1. The van der Waals surface area contributed by atoms with E-state index in [1.807, 2.05) is 25.1 Å². The zero-order chi connectivity index (χ0) is 25.8. The number of carbonyl (C=O) groups is 1. The fraction of sp³-hybridized carbons (Fsp3) is 0.321. The summed E-state index contributed by atoms with van der Waals surface area (Å²) in [7, 11) is -4.00. The van der Waals surface area contributed by atoms with Crippen LogP contribution >= 0.6 is 11.6 Å². The SMILES string of the molecule is Cc1ccc(S(=O)(=O)N(CC(=O)NCC2(c3ccccc3)CCOCC2)c2ccc(Cl)cc2C)cc1. The number of carbonyl (C=O) groups excluding carboxylic acids is 1. The van der Waals surface area contributed by atoms with Gasteiger partial charge in [0.2, 0.25) is 5.91 Å². The Balaban J connectivity index is 1.61. The van der Waals surface area contributed by atoms with Gasteiger partial charge in [0.05, 0.1) is 10.6 Å². The second-order valence-corrected chi connectivity index (χ2v) is 11.6. The maximum Gasteiger partial charge on any atom is 0.264 e. The van der Waals surface area contributed by atoms with Crippen molar-refractivity contribution in [1.29, 1.82) is 0 Å². The van der Waals surface area contributed by atoms with Crippen molar-refractivity contribution in [1.82, 2.24) is 5.32 Å². The predicted molar refractivity (Wildman–Crippen MR) is 143 cm³/mol. The first-order valence-corrected chi connectivity index (χ1v) is 13.8. The number of rotatable bonds is 8. The Hall–Kier alpha value is -2.87. The van der Waals surface area contributed by atoms with Crippen molar-refractivity contribution in [2.45, 2.75) is 37.0 Å². The van der Waals surface area contributed by atoms with E-state index >= 15 is 0 Å². The summed E-state index contributed by atoms with van der Waals surface area (Å²) in [5, 5.41) is 3.53. The first-order valence-electron chi connectivity index (χ1n) is 12.0. The zero-order valence-electron chi connectivity index (χ0n) is 20.5. The number of hydrogen-bond donors (Lipinski definition) is 1. The van der Waals surface area contributed by atoms with Gasteiger partial charge in [0.1, 0.15) is 6.54 Å². The van der Waals surface area contributed by atoms with Crippen molar-refractivity contribution in [3.05, 3.63) is 94.5 Å². The lowest BCUT2D eigenvalue weighted by Crippen LogP contribution is -2.48. The van der Waals surface area contributed by atoms with Gasteiger partial charge in [-0.3, -0.25) is 9.10 Å². The molecule has 190 valence electrons. The van der Waals surface area contributed by atoms with Crippen LogP contribution in [0.5, 0.6) is 0 Å². The number of nitrogens with one attached hydrogen (secondary N) is 1. The van der Waals surface area contributed by atoms with Gasteiger partial charge < -0.3 is 10.1 Å². The molecule has 0 radical (unpaired) electrons. The Bertz CT molecular complexity index is 1310. The van der Waals surface area contributed by atoms with E-state index in [2.05, 4.69) is 17.4 Å². The summed E-state index contributed by atoms with van der Waals surface area (Å²) < 4.78 is 34.2. The molecule has 0 aromatic heterocycles. The molecule has 3 aromatic carbocycles. The highest BCUT2D eigenvalue weighted by Gasteiger charge is 2.35. The standard InChI is InChI=1S/C28H31ClN2O4S/c1-21-8-11-25(12-9-21)36(33,34)31(26-13-10-24(29)18-22(26)2)19-27(32)30-20-28(14-16-35-17-15-28)23-6-4-3-5-7-23/h3-13,18H,14-17,19-20H2,1-2H3,(H,30,32). The fourth-order valence-corrected chi connectivity index (χ4v) is 6.32. The minimum absolute atomic E-state index is 0.125. The molecule has 1 heterocycles. The minimum atomic E-state index is -4.00. The number of hydrogen-bond acceptors (Lipinski definition) is 4. The van der Waals surface area contributed by atoms with Gasteiger partial charge in [0.15, 0.2) is 0 Å². The van der Waals surface area contributed by atoms with Gasteiger partial charge in [0.25, 0.3) is 10.0 Å². The third kappa shape index (κ3) is 5.75. The van der Waals surface area contributed by atoms with E-state index in [-0.39, 0.29) is 22.8 Å². The fourth-order valence-electron chi connectivity index (χ4n) is 4.61. The molecular formula is C28H31ClN2O4S. The van der Waals surface area contributed by atoms with Crippen molar-refractivity contribution in [3.8, 4) is 0 Å². The molecule has 3 aromatic rings. The molecule has 1 saturated heterocycles. The van der Waals surface area contributed by atoms with E-state index < -0.39 is 10.0 Å². The molecule has 0 atom stereocenters. The first-order chi connectivity index (χ1) is 17.2. The highest BCUT2D eigenvalue weighted by Crippen LogP contribution is 2.34. The van der Waals surface area contributed by atoms with Gasteiger partial charge in [-0.15, -0.1) is 0 Å². The number of sulfonamides is 1. The van der Waals surface area contributed by atoms with Gasteiger partial charge in [-0.2, -0.15) is 0 Å². The van der Waals surface area contributed by atoms with E-state index in [1.54, 1.807) is 49.4 Å². The van der Waals surface area contributed by atoms with Gasteiger partial charge >= 0.3 is 0 Å². The maximum absolute atomic E-state index is 13.7. The summed E-state index contributed by atoms with van der Waals surface area (Å²) in [5.74, 6) is -0.373. The van der Waals surface area contributed by atoms with Crippen molar-refractivity contribution in [2.75, 3.05) is 30.6 Å². The molecule has 1 amide bonds. The highest BCUT2D eigenvalue weighted by atomic mass is 35.5. The Labute approximate surface area is 218 Å². The van der Waals surface area contributed by atoms with Crippen LogP contribution in [0.1, 0.15) is 29.5 Å². The lowest BCUT2D eigenvalue weighted by Gasteiger charge is -2.38. The van der Waals surface area contributed by atoms with Crippen LogP contribution in [0.2, 0.25) is 5.02 Å². The quantitative estimate of drug-likeness (QED) is 0.447. The van der Waals surface area contributed by atoms with E-state index in [0.29, 0.717) is 36.0 Å². The topological polar surface area (TPSA) is 75.7 Å². The smallest absolute Gasteiger partial charge is 0.264 e. The Morgan fingerprint density at radius 1 is 1.00 bits per heavy atom. The predicted octanol–water partition coefficient (Wildman–Crippen LogP) is 5.02. The number of amides is 1. The Kier molecular flexibility index (Phi) is 8.03. The van der Waals surface area contributed by atoms with Crippen LogP contribution in [0, 0.1) is 13.8 Å². The summed E-state index contributed by atoms with van der Waals surface area (Å²) >= 11 is 6.13. The van der Waals surface area contributed by atoms with E-state index in [4.69, 9.17) is 16.3 Å². The maximum atomic E-state index is 13.7. The molecule has 0 spiro atoms. The molecule has 6 nitrogen and oxygen atoms in total. The normalized spacial score (nSPS) is 15.3. The molecule has 0 saturated carbocycles. The monoisotopic (exact) mass is 526 g/mol. The lowest BCUT2D eigenvalue weighted by atomic mass is 9.74. The second-order valence-electron chi connectivity index (χ2n) is 9.29. The summed E-state index contributed by atoms with van der Waals surface area (Å²) in [6.07, 6.45) is 1.55. The number of anilines is 1. The molecular weight excluding hydrogens is 496 g/mol. The summed E-state index contributed by atoms with van der Waals surface area (Å²) in [6.45, 7) is 4.95. The van der Waals surface area contributed by atoms with E-state index in [9.17, 15) is 13.2 Å². The first kappa shape index (κ1) is 26.2. The Morgan fingerprint density at radius 2 is 1.67 bits per heavy atom. The molecule has 1 N–H and O–H groups in total. The molecule has 0 unspecified atom stereocenters. The van der Waals surface area contributed by atoms with Crippen LogP contribution in [-0.4, -0.2) is 40.6 Å².